The Balaban J connectivity index is 3.42. The highest BCUT2D eigenvalue weighted by Crippen LogP contribution is 2.10. The highest BCUT2D eigenvalue weighted by atomic mass is 16.6. The summed E-state index contributed by atoms with van der Waals surface area (Å²) in [4.78, 5) is 11.2. The third-order valence-electron chi connectivity index (χ3n) is 1.62. The van der Waals surface area contributed by atoms with Gasteiger partial charge in [-0.1, -0.05) is 6.42 Å². The molecular weight excluding hydrogens is 176 g/mol. The summed E-state index contributed by atoms with van der Waals surface area (Å²) in [5.74, 6) is 2.47. The maximum absolute atomic E-state index is 11.2. The van der Waals surface area contributed by atoms with E-state index in [-0.39, 0.29) is 11.6 Å². The van der Waals surface area contributed by atoms with E-state index in [2.05, 4.69) is 5.92 Å². The lowest BCUT2D eigenvalue weighted by atomic mass is 10.1. The smallest absolute Gasteiger partial charge is 0.306 e. The molecule has 2 nitrogen and oxygen atoms in total. The Labute approximate surface area is 87.0 Å². The first-order valence-corrected chi connectivity index (χ1v) is 5.11. The van der Waals surface area contributed by atoms with E-state index in [4.69, 9.17) is 11.2 Å². The fraction of sp³-hybridized carbons (Fsp3) is 0.750. The molecule has 0 aliphatic carbocycles. The molecule has 14 heavy (non-hydrogen) atoms. The minimum absolute atomic E-state index is 0.113. The van der Waals surface area contributed by atoms with Crippen LogP contribution in [0.3, 0.4) is 0 Å². The second-order valence-corrected chi connectivity index (χ2v) is 4.35. The summed E-state index contributed by atoms with van der Waals surface area (Å²) >= 11 is 0. The van der Waals surface area contributed by atoms with Crippen molar-refractivity contribution in [2.45, 2.75) is 58.5 Å². The second kappa shape index (κ2) is 6.48. The van der Waals surface area contributed by atoms with Crippen LogP contribution in [-0.2, 0) is 9.53 Å². The Morgan fingerprint density at radius 2 is 1.93 bits per heavy atom. The summed E-state index contributed by atoms with van der Waals surface area (Å²) in [5, 5.41) is 0. The predicted octanol–water partition coefficient (Wildman–Crippen LogP) is 2.91. The molecule has 80 valence electrons. The van der Waals surface area contributed by atoms with E-state index in [9.17, 15) is 4.79 Å². The van der Waals surface area contributed by atoms with Gasteiger partial charge in [-0.3, -0.25) is 4.79 Å². The van der Waals surface area contributed by atoms with Crippen LogP contribution < -0.4 is 0 Å². The molecule has 0 aliphatic heterocycles. The molecule has 0 heterocycles. The molecule has 0 amide bonds. The molecule has 0 aromatic carbocycles. The zero-order valence-electron chi connectivity index (χ0n) is 9.43. The summed E-state index contributed by atoms with van der Waals surface area (Å²) in [6.45, 7) is 5.63. The summed E-state index contributed by atoms with van der Waals surface area (Å²) in [5.41, 5.74) is -0.365. The summed E-state index contributed by atoms with van der Waals surface area (Å²) in [7, 11) is 0. The molecule has 0 atom stereocenters. The molecule has 0 saturated carbocycles. The topological polar surface area (TPSA) is 26.3 Å². The van der Waals surface area contributed by atoms with Crippen LogP contribution in [0.1, 0.15) is 52.9 Å². The number of unbranched alkanes of at least 4 members (excludes halogenated alkanes) is 3. The molecule has 0 bridgehead atoms. The van der Waals surface area contributed by atoms with Crippen LogP contribution in [0.2, 0.25) is 0 Å². The molecule has 0 spiro atoms. The molecule has 0 aromatic heterocycles. The normalized spacial score (nSPS) is 10.7. The maximum Gasteiger partial charge on any atom is 0.306 e. The zero-order valence-corrected chi connectivity index (χ0v) is 9.43. The predicted molar refractivity (Wildman–Crippen MR) is 57.8 cm³/mol. The van der Waals surface area contributed by atoms with Gasteiger partial charge in [-0.2, -0.15) is 0 Å². The van der Waals surface area contributed by atoms with E-state index in [1.54, 1.807) is 0 Å². The van der Waals surface area contributed by atoms with Gasteiger partial charge in [0, 0.05) is 12.8 Å². The first-order chi connectivity index (χ1) is 6.45. The van der Waals surface area contributed by atoms with Crippen molar-refractivity contribution in [2.75, 3.05) is 0 Å². The van der Waals surface area contributed by atoms with Crippen LogP contribution in [-0.4, -0.2) is 11.6 Å². The number of rotatable bonds is 5. The van der Waals surface area contributed by atoms with Crippen molar-refractivity contribution in [3.63, 3.8) is 0 Å². The number of terminal acetylenes is 1. The van der Waals surface area contributed by atoms with Gasteiger partial charge in [0.05, 0.1) is 0 Å². The monoisotopic (exact) mass is 196 g/mol. The van der Waals surface area contributed by atoms with E-state index in [1.807, 2.05) is 20.8 Å². The van der Waals surface area contributed by atoms with Crippen LogP contribution in [0.25, 0.3) is 0 Å². The lowest BCUT2D eigenvalue weighted by Crippen LogP contribution is -2.23. The minimum Gasteiger partial charge on any atom is -0.460 e. The number of hydrogen-bond acceptors (Lipinski definition) is 2. The quantitative estimate of drug-likeness (QED) is 0.384. The molecule has 0 fully saturated rings. The van der Waals surface area contributed by atoms with Gasteiger partial charge in [-0.05, 0) is 33.6 Å². The number of esters is 1. The van der Waals surface area contributed by atoms with Crippen molar-refractivity contribution < 1.29 is 9.53 Å². The third-order valence-corrected chi connectivity index (χ3v) is 1.62. The van der Waals surface area contributed by atoms with Gasteiger partial charge in [0.15, 0.2) is 0 Å². The largest absolute Gasteiger partial charge is 0.460 e. The first-order valence-electron chi connectivity index (χ1n) is 5.11. The van der Waals surface area contributed by atoms with Crippen LogP contribution >= 0.6 is 0 Å². The molecule has 0 N–H and O–H groups in total. The van der Waals surface area contributed by atoms with Crippen LogP contribution in [0.5, 0.6) is 0 Å². The SMILES string of the molecule is C#CCCCCCC(=O)OC(C)(C)C. The average molecular weight is 196 g/mol. The van der Waals surface area contributed by atoms with Gasteiger partial charge in [0.25, 0.3) is 0 Å². The highest BCUT2D eigenvalue weighted by molar-refractivity contribution is 5.69. The Morgan fingerprint density at radius 1 is 1.29 bits per heavy atom. The Hall–Kier alpha value is -0.970. The van der Waals surface area contributed by atoms with E-state index < -0.39 is 0 Å². The van der Waals surface area contributed by atoms with E-state index in [1.165, 1.54) is 0 Å². The van der Waals surface area contributed by atoms with Gasteiger partial charge in [-0.15, -0.1) is 12.3 Å². The first kappa shape index (κ1) is 13.0. The Bertz CT molecular complexity index is 205. The van der Waals surface area contributed by atoms with E-state index in [0.717, 1.165) is 25.7 Å². The van der Waals surface area contributed by atoms with Crippen LogP contribution in [0, 0.1) is 12.3 Å². The van der Waals surface area contributed by atoms with Gasteiger partial charge >= 0.3 is 5.97 Å². The average Bonchev–Trinajstić information content (AvgIpc) is 2.00. The molecule has 0 rings (SSSR count). The lowest BCUT2D eigenvalue weighted by molar-refractivity contribution is -0.154. The highest BCUT2D eigenvalue weighted by Gasteiger charge is 2.15. The van der Waals surface area contributed by atoms with Crippen LogP contribution in [0.4, 0.5) is 0 Å². The molecule has 0 radical (unpaired) electrons. The summed E-state index contributed by atoms with van der Waals surface area (Å²) in [6, 6.07) is 0. The maximum atomic E-state index is 11.2. The van der Waals surface area contributed by atoms with E-state index in [0.29, 0.717) is 6.42 Å². The third kappa shape index (κ3) is 9.12. The standard InChI is InChI=1S/C12H20O2/c1-5-6-7-8-9-10-11(13)14-12(2,3)4/h1H,6-10H2,2-4H3. The molecule has 0 aliphatic rings. The van der Waals surface area contributed by atoms with Crippen molar-refractivity contribution >= 4 is 5.97 Å². The van der Waals surface area contributed by atoms with Gasteiger partial charge < -0.3 is 4.74 Å². The second-order valence-electron chi connectivity index (χ2n) is 4.35. The molecule has 2 heteroatoms. The van der Waals surface area contributed by atoms with Gasteiger partial charge in [0.2, 0.25) is 0 Å². The number of ether oxygens (including phenoxy) is 1. The summed E-state index contributed by atoms with van der Waals surface area (Å²) < 4.78 is 5.16. The summed E-state index contributed by atoms with van der Waals surface area (Å²) in [6.07, 6.45) is 9.29. The van der Waals surface area contributed by atoms with Crippen molar-refractivity contribution in [1.29, 1.82) is 0 Å². The van der Waals surface area contributed by atoms with Crippen molar-refractivity contribution in [3.8, 4) is 12.3 Å². The molecule has 0 unspecified atom stereocenters. The number of carbonyl (C=O) groups is 1. The minimum atomic E-state index is -0.365. The molecule has 0 saturated heterocycles. The Morgan fingerprint density at radius 3 is 2.43 bits per heavy atom. The number of hydrogen-bond donors (Lipinski definition) is 0. The van der Waals surface area contributed by atoms with Crippen molar-refractivity contribution in [3.05, 3.63) is 0 Å². The van der Waals surface area contributed by atoms with Gasteiger partial charge in [-0.25, -0.2) is 0 Å². The number of carbonyl (C=O) groups excluding carboxylic acids is 1. The molecule has 0 aromatic rings. The Kier molecular flexibility index (Phi) is 6.03. The molecular formula is C12H20O2. The van der Waals surface area contributed by atoms with Gasteiger partial charge in [0.1, 0.15) is 5.60 Å². The lowest BCUT2D eigenvalue weighted by Gasteiger charge is -2.19. The van der Waals surface area contributed by atoms with Crippen molar-refractivity contribution in [2.24, 2.45) is 0 Å². The van der Waals surface area contributed by atoms with Crippen LogP contribution in [0.15, 0.2) is 0 Å². The van der Waals surface area contributed by atoms with E-state index >= 15 is 0 Å². The fourth-order valence-electron chi connectivity index (χ4n) is 1.07. The fourth-order valence-corrected chi connectivity index (χ4v) is 1.07. The zero-order chi connectivity index (χ0) is 11.0. The van der Waals surface area contributed by atoms with Crippen molar-refractivity contribution in [1.82, 2.24) is 0 Å².